The Labute approximate surface area is 135 Å². The molecule has 116 valence electrons. The molecule has 1 N–H and O–H groups in total. The highest BCUT2D eigenvalue weighted by Crippen LogP contribution is 2.21. The van der Waals surface area contributed by atoms with E-state index >= 15 is 0 Å². The lowest BCUT2D eigenvalue weighted by atomic mass is 9.89. The van der Waals surface area contributed by atoms with E-state index in [0.29, 0.717) is 13.2 Å². The minimum absolute atomic E-state index is 0.154. The van der Waals surface area contributed by atoms with Crippen LogP contribution in [0.1, 0.15) is 26.2 Å². The number of halogens is 1. The van der Waals surface area contributed by atoms with Crippen LogP contribution in [0.4, 0.5) is 0 Å². The Bertz CT molecular complexity index is 470. The van der Waals surface area contributed by atoms with Gasteiger partial charge in [-0.05, 0) is 57.0 Å². The number of likely N-dealkylation sites (N-methyl/N-ethyl adjacent to an activating group) is 1. The van der Waals surface area contributed by atoms with Gasteiger partial charge in [0.15, 0.2) is 0 Å². The van der Waals surface area contributed by atoms with E-state index in [0.717, 1.165) is 36.0 Å². The Balaban J connectivity index is 1.79. The topological polar surface area (TPSA) is 41.6 Å². The molecular weight excluding hydrogens is 332 g/mol. The molecule has 2 rings (SSSR count). The van der Waals surface area contributed by atoms with Crippen molar-refractivity contribution in [2.75, 3.05) is 26.7 Å². The summed E-state index contributed by atoms with van der Waals surface area (Å²) in [7, 11) is 1.84. The Morgan fingerprint density at radius 3 is 2.71 bits per heavy atom. The van der Waals surface area contributed by atoms with E-state index in [1.54, 1.807) is 4.90 Å². The molecule has 1 atom stereocenters. The first-order chi connectivity index (χ1) is 10.0. The fraction of sp³-hybridized carbons (Fsp3) is 0.562. The largest absolute Gasteiger partial charge is 0.492 e. The Morgan fingerprint density at radius 1 is 1.38 bits per heavy atom. The minimum Gasteiger partial charge on any atom is -0.492 e. The second-order valence-corrected chi connectivity index (χ2v) is 6.66. The van der Waals surface area contributed by atoms with Crippen molar-refractivity contribution in [2.45, 2.75) is 31.7 Å². The monoisotopic (exact) mass is 354 g/mol. The minimum atomic E-state index is -0.412. The molecule has 1 heterocycles. The molecule has 1 aromatic rings. The smallest absolute Gasteiger partial charge is 0.242 e. The summed E-state index contributed by atoms with van der Waals surface area (Å²) >= 11 is 3.39. The van der Waals surface area contributed by atoms with E-state index < -0.39 is 5.54 Å². The second-order valence-electron chi connectivity index (χ2n) is 5.75. The van der Waals surface area contributed by atoms with Gasteiger partial charge in [-0.15, -0.1) is 0 Å². The average Bonchev–Trinajstić information content (AvgIpc) is 2.49. The van der Waals surface area contributed by atoms with Crippen molar-refractivity contribution < 1.29 is 9.53 Å². The number of nitrogens with zero attached hydrogens (tertiary/aromatic N) is 1. The number of carbonyl (C=O) groups is 1. The van der Waals surface area contributed by atoms with Gasteiger partial charge in [-0.25, -0.2) is 0 Å². The number of ether oxygens (including phenoxy) is 1. The zero-order valence-electron chi connectivity index (χ0n) is 12.7. The molecule has 0 aromatic heterocycles. The molecule has 1 unspecified atom stereocenters. The maximum Gasteiger partial charge on any atom is 0.242 e. The third kappa shape index (κ3) is 4.45. The van der Waals surface area contributed by atoms with E-state index in [-0.39, 0.29) is 5.91 Å². The molecule has 1 saturated heterocycles. The fourth-order valence-electron chi connectivity index (χ4n) is 2.59. The van der Waals surface area contributed by atoms with Crippen molar-refractivity contribution in [1.82, 2.24) is 10.2 Å². The predicted molar refractivity (Wildman–Crippen MR) is 87.5 cm³/mol. The van der Waals surface area contributed by atoms with Gasteiger partial charge in [-0.1, -0.05) is 15.9 Å². The number of amides is 1. The lowest BCUT2D eigenvalue weighted by molar-refractivity contribution is -0.137. The molecule has 0 saturated carbocycles. The molecule has 0 bridgehead atoms. The van der Waals surface area contributed by atoms with Crippen molar-refractivity contribution in [3.8, 4) is 5.75 Å². The Hall–Kier alpha value is -1.07. The molecule has 21 heavy (non-hydrogen) atoms. The van der Waals surface area contributed by atoms with E-state index in [9.17, 15) is 4.79 Å². The van der Waals surface area contributed by atoms with Crippen LogP contribution in [0.5, 0.6) is 5.75 Å². The highest BCUT2D eigenvalue weighted by atomic mass is 79.9. The zero-order chi connectivity index (χ0) is 15.3. The third-order valence-electron chi connectivity index (χ3n) is 3.95. The maximum atomic E-state index is 12.5. The molecule has 0 radical (unpaired) electrons. The van der Waals surface area contributed by atoms with Gasteiger partial charge in [0.05, 0.1) is 12.1 Å². The molecular formula is C16H23BrN2O2. The SMILES string of the molecule is CN(CCOc1ccc(Br)cc1)C(=O)C1(C)CCCCN1. The van der Waals surface area contributed by atoms with Crippen molar-refractivity contribution in [3.05, 3.63) is 28.7 Å². The van der Waals surface area contributed by atoms with Crippen LogP contribution in [0.15, 0.2) is 28.7 Å². The molecule has 4 nitrogen and oxygen atoms in total. The summed E-state index contributed by atoms with van der Waals surface area (Å²) in [6.45, 7) is 4.01. The van der Waals surface area contributed by atoms with Gasteiger partial charge in [0.1, 0.15) is 12.4 Å². The number of nitrogens with one attached hydrogen (secondary N) is 1. The van der Waals surface area contributed by atoms with Crippen LogP contribution in [0.3, 0.4) is 0 Å². The maximum absolute atomic E-state index is 12.5. The van der Waals surface area contributed by atoms with Crippen molar-refractivity contribution in [2.24, 2.45) is 0 Å². The quantitative estimate of drug-likeness (QED) is 0.883. The van der Waals surface area contributed by atoms with Crippen molar-refractivity contribution in [1.29, 1.82) is 0 Å². The highest BCUT2D eigenvalue weighted by molar-refractivity contribution is 9.10. The molecule has 5 heteroatoms. The molecule has 1 aliphatic heterocycles. The molecule has 0 aliphatic carbocycles. The van der Waals surface area contributed by atoms with Gasteiger partial charge in [0.25, 0.3) is 0 Å². The lowest BCUT2D eigenvalue weighted by Crippen LogP contribution is -2.57. The Kier molecular flexibility index (Phi) is 5.65. The van der Waals surface area contributed by atoms with Crippen LogP contribution in [-0.2, 0) is 4.79 Å². The summed E-state index contributed by atoms with van der Waals surface area (Å²) in [5.74, 6) is 0.975. The van der Waals surface area contributed by atoms with E-state index in [1.807, 2.05) is 38.2 Å². The van der Waals surface area contributed by atoms with Crippen LogP contribution < -0.4 is 10.1 Å². The number of hydrogen-bond donors (Lipinski definition) is 1. The van der Waals surface area contributed by atoms with Gasteiger partial charge in [0.2, 0.25) is 5.91 Å². The van der Waals surface area contributed by atoms with Crippen LogP contribution in [0.2, 0.25) is 0 Å². The van der Waals surface area contributed by atoms with E-state index in [4.69, 9.17) is 4.74 Å². The summed E-state index contributed by atoms with van der Waals surface area (Å²) < 4.78 is 6.69. The lowest BCUT2D eigenvalue weighted by Gasteiger charge is -2.36. The Morgan fingerprint density at radius 2 is 2.10 bits per heavy atom. The highest BCUT2D eigenvalue weighted by Gasteiger charge is 2.36. The zero-order valence-corrected chi connectivity index (χ0v) is 14.3. The van der Waals surface area contributed by atoms with Gasteiger partial charge in [-0.2, -0.15) is 0 Å². The average molecular weight is 355 g/mol. The normalized spacial score (nSPS) is 21.9. The van der Waals surface area contributed by atoms with Crippen LogP contribution in [0, 0.1) is 0 Å². The number of piperidine rings is 1. The van der Waals surface area contributed by atoms with Crippen molar-refractivity contribution >= 4 is 21.8 Å². The summed E-state index contributed by atoms with van der Waals surface area (Å²) in [5, 5.41) is 3.35. The summed E-state index contributed by atoms with van der Waals surface area (Å²) in [5.41, 5.74) is -0.412. The second kappa shape index (κ2) is 7.27. The number of hydrogen-bond acceptors (Lipinski definition) is 3. The molecule has 0 spiro atoms. The first-order valence-electron chi connectivity index (χ1n) is 7.40. The predicted octanol–water partition coefficient (Wildman–Crippen LogP) is 2.82. The van der Waals surface area contributed by atoms with Gasteiger partial charge in [-0.3, -0.25) is 4.79 Å². The molecule has 1 aliphatic rings. The summed E-state index contributed by atoms with van der Waals surface area (Å²) in [6, 6.07) is 7.71. The van der Waals surface area contributed by atoms with Gasteiger partial charge in [0, 0.05) is 11.5 Å². The summed E-state index contributed by atoms with van der Waals surface area (Å²) in [4.78, 5) is 14.3. The third-order valence-corrected chi connectivity index (χ3v) is 4.48. The van der Waals surface area contributed by atoms with Crippen molar-refractivity contribution in [3.63, 3.8) is 0 Å². The van der Waals surface area contributed by atoms with Gasteiger partial charge < -0.3 is 15.0 Å². The van der Waals surface area contributed by atoms with E-state index in [1.165, 1.54) is 0 Å². The van der Waals surface area contributed by atoms with Gasteiger partial charge >= 0.3 is 0 Å². The van der Waals surface area contributed by atoms with E-state index in [2.05, 4.69) is 21.2 Å². The molecule has 1 amide bonds. The fourth-order valence-corrected chi connectivity index (χ4v) is 2.86. The first kappa shape index (κ1) is 16.3. The number of benzene rings is 1. The molecule has 1 fully saturated rings. The van der Waals surface area contributed by atoms with Crippen LogP contribution >= 0.6 is 15.9 Å². The number of carbonyl (C=O) groups excluding carboxylic acids is 1. The van der Waals surface area contributed by atoms with Crippen LogP contribution in [0.25, 0.3) is 0 Å². The standard InChI is InChI=1S/C16H23BrN2O2/c1-16(9-3-4-10-18-16)15(20)19(2)11-12-21-14-7-5-13(17)6-8-14/h5-8,18H,3-4,9-12H2,1-2H3. The van der Waals surface area contributed by atoms with Crippen LogP contribution in [-0.4, -0.2) is 43.1 Å². The first-order valence-corrected chi connectivity index (χ1v) is 8.19. The summed E-state index contributed by atoms with van der Waals surface area (Å²) in [6.07, 6.45) is 3.17. The number of rotatable bonds is 5. The molecule has 1 aromatic carbocycles.